The number of rotatable bonds is 6. The van der Waals surface area contributed by atoms with E-state index in [2.05, 4.69) is 54.4 Å². The molecule has 0 unspecified atom stereocenters. The van der Waals surface area contributed by atoms with Gasteiger partial charge in [0.05, 0.1) is 19.8 Å². The SMILES string of the molecule is CCOc1ccc(/C=C/[C@@]23NC(=O)CN2c2ccccc2C3(C)C)cc1OCC. The fourth-order valence-electron chi connectivity index (χ4n) is 4.53. The number of para-hydroxylation sites is 1. The summed E-state index contributed by atoms with van der Waals surface area (Å²) in [7, 11) is 0. The van der Waals surface area contributed by atoms with Gasteiger partial charge in [0.1, 0.15) is 5.66 Å². The van der Waals surface area contributed by atoms with Crippen molar-refractivity contribution in [2.75, 3.05) is 24.7 Å². The van der Waals surface area contributed by atoms with Crippen LogP contribution in [0.2, 0.25) is 0 Å². The molecule has 1 atom stereocenters. The summed E-state index contributed by atoms with van der Waals surface area (Å²) in [5.74, 6) is 1.52. The van der Waals surface area contributed by atoms with Crippen molar-refractivity contribution in [2.24, 2.45) is 0 Å². The zero-order valence-corrected chi connectivity index (χ0v) is 17.5. The fraction of sp³-hybridized carbons (Fsp3) is 0.375. The average molecular weight is 392 g/mol. The van der Waals surface area contributed by atoms with Crippen molar-refractivity contribution in [3.63, 3.8) is 0 Å². The van der Waals surface area contributed by atoms with Crippen LogP contribution in [-0.4, -0.2) is 31.3 Å². The zero-order valence-electron chi connectivity index (χ0n) is 17.5. The van der Waals surface area contributed by atoms with Crippen molar-refractivity contribution in [1.29, 1.82) is 0 Å². The van der Waals surface area contributed by atoms with E-state index in [-0.39, 0.29) is 11.3 Å². The number of nitrogens with one attached hydrogen (secondary N) is 1. The molecule has 0 aromatic heterocycles. The number of hydrogen-bond acceptors (Lipinski definition) is 4. The maximum absolute atomic E-state index is 12.4. The van der Waals surface area contributed by atoms with E-state index in [1.54, 1.807) is 0 Å². The molecule has 4 rings (SSSR count). The average Bonchev–Trinajstić information content (AvgIpc) is 3.13. The van der Waals surface area contributed by atoms with Gasteiger partial charge < -0.3 is 19.7 Å². The van der Waals surface area contributed by atoms with E-state index in [1.165, 1.54) is 5.56 Å². The first-order chi connectivity index (χ1) is 13.9. The van der Waals surface area contributed by atoms with E-state index >= 15 is 0 Å². The molecular formula is C24H28N2O3. The minimum atomic E-state index is -0.599. The second-order valence-electron chi connectivity index (χ2n) is 7.95. The number of carbonyl (C=O) groups excluding carboxylic acids is 1. The van der Waals surface area contributed by atoms with E-state index in [9.17, 15) is 4.79 Å². The van der Waals surface area contributed by atoms with Crippen LogP contribution in [0, 0.1) is 0 Å². The van der Waals surface area contributed by atoms with Crippen LogP contribution in [0.5, 0.6) is 11.5 Å². The number of benzene rings is 2. The summed E-state index contributed by atoms with van der Waals surface area (Å²) in [6.45, 7) is 9.81. The summed E-state index contributed by atoms with van der Waals surface area (Å²) in [5.41, 5.74) is 2.48. The number of fused-ring (bicyclic) bond motifs is 3. The predicted molar refractivity (Wildman–Crippen MR) is 116 cm³/mol. The maximum Gasteiger partial charge on any atom is 0.241 e. The molecule has 152 valence electrons. The molecule has 5 heteroatoms. The fourth-order valence-corrected chi connectivity index (χ4v) is 4.53. The summed E-state index contributed by atoms with van der Waals surface area (Å²) in [6.07, 6.45) is 4.17. The summed E-state index contributed by atoms with van der Waals surface area (Å²) >= 11 is 0. The third kappa shape index (κ3) is 2.96. The normalized spacial score (nSPS) is 21.8. The van der Waals surface area contributed by atoms with Gasteiger partial charge in [0, 0.05) is 11.1 Å². The van der Waals surface area contributed by atoms with Gasteiger partial charge in [0.2, 0.25) is 5.91 Å². The molecule has 0 saturated carbocycles. The standard InChI is InChI=1S/C24H28N2O3/c1-5-28-20-12-11-17(15-21(20)29-6-2)13-14-24-23(3,4)18-9-7-8-10-19(18)26(24)16-22(27)25-24/h7-15H,5-6,16H2,1-4H3,(H,25,27)/b14-13+/t24-/m1/s1. The molecule has 5 nitrogen and oxygen atoms in total. The highest BCUT2D eigenvalue weighted by Gasteiger charge is 2.59. The van der Waals surface area contributed by atoms with Gasteiger partial charge in [-0.05, 0) is 49.2 Å². The number of nitrogens with zero attached hydrogens (tertiary/aromatic N) is 1. The van der Waals surface area contributed by atoms with Gasteiger partial charge in [0.15, 0.2) is 11.5 Å². The first kappa shape index (κ1) is 19.4. The molecule has 1 N–H and O–H groups in total. The largest absolute Gasteiger partial charge is 0.490 e. The second-order valence-corrected chi connectivity index (χ2v) is 7.95. The van der Waals surface area contributed by atoms with Gasteiger partial charge in [-0.1, -0.05) is 44.2 Å². The molecular weight excluding hydrogens is 364 g/mol. The number of hydrogen-bond donors (Lipinski definition) is 1. The molecule has 0 bridgehead atoms. The van der Waals surface area contributed by atoms with Gasteiger partial charge >= 0.3 is 0 Å². The van der Waals surface area contributed by atoms with E-state index in [0.717, 1.165) is 22.7 Å². The van der Waals surface area contributed by atoms with Crippen LogP contribution in [0.1, 0.15) is 38.8 Å². The Balaban J connectivity index is 1.74. The van der Waals surface area contributed by atoms with Crippen LogP contribution < -0.4 is 19.7 Å². The third-order valence-corrected chi connectivity index (χ3v) is 5.96. The Kier molecular flexibility index (Phi) is 4.77. The summed E-state index contributed by atoms with van der Waals surface area (Å²) in [5, 5.41) is 3.25. The quantitative estimate of drug-likeness (QED) is 0.803. The Morgan fingerprint density at radius 3 is 2.55 bits per heavy atom. The molecule has 29 heavy (non-hydrogen) atoms. The van der Waals surface area contributed by atoms with E-state index in [4.69, 9.17) is 9.47 Å². The first-order valence-electron chi connectivity index (χ1n) is 10.2. The second kappa shape index (κ2) is 7.14. The number of amides is 1. The van der Waals surface area contributed by atoms with Crippen LogP contribution in [0.3, 0.4) is 0 Å². The predicted octanol–water partition coefficient (Wildman–Crippen LogP) is 4.12. The highest BCUT2D eigenvalue weighted by atomic mass is 16.5. The van der Waals surface area contributed by atoms with Crippen molar-refractivity contribution in [1.82, 2.24) is 5.32 Å². The van der Waals surface area contributed by atoms with Gasteiger partial charge in [-0.2, -0.15) is 0 Å². The van der Waals surface area contributed by atoms with Crippen LogP contribution in [-0.2, 0) is 10.2 Å². The lowest BCUT2D eigenvalue weighted by molar-refractivity contribution is -0.118. The van der Waals surface area contributed by atoms with Crippen molar-refractivity contribution in [3.05, 3.63) is 59.7 Å². The molecule has 1 saturated heterocycles. The monoisotopic (exact) mass is 392 g/mol. The Labute approximate surface area is 172 Å². The lowest BCUT2D eigenvalue weighted by atomic mass is 9.75. The Morgan fingerprint density at radius 1 is 1.07 bits per heavy atom. The molecule has 2 aliphatic heterocycles. The van der Waals surface area contributed by atoms with Crippen molar-refractivity contribution < 1.29 is 14.3 Å². The molecule has 1 amide bonds. The summed E-state index contributed by atoms with van der Waals surface area (Å²) < 4.78 is 11.4. The van der Waals surface area contributed by atoms with Crippen LogP contribution in [0.4, 0.5) is 5.69 Å². The number of anilines is 1. The Hall–Kier alpha value is -2.95. The molecule has 2 aromatic rings. The smallest absolute Gasteiger partial charge is 0.241 e. The van der Waals surface area contributed by atoms with Crippen LogP contribution in [0.15, 0.2) is 48.5 Å². The minimum absolute atomic E-state index is 0.0407. The summed E-state index contributed by atoms with van der Waals surface area (Å²) in [6, 6.07) is 14.3. The summed E-state index contributed by atoms with van der Waals surface area (Å²) in [4.78, 5) is 14.6. The van der Waals surface area contributed by atoms with Crippen molar-refractivity contribution >= 4 is 17.7 Å². The highest BCUT2D eigenvalue weighted by Crippen LogP contribution is 2.52. The van der Waals surface area contributed by atoms with Crippen LogP contribution >= 0.6 is 0 Å². The minimum Gasteiger partial charge on any atom is -0.490 e. The first-order valence-corrected chi connectivity index (χ1v) is 10.2. The topological polar surface area (TPSA) is 50.8 Å². The number of carbonyl (C=O) groups is 1. The van der Waals surface area contributed by atoms with Crippen molar-refractivity contribution in [2.45, 2.75) is 38.8 Å². The molecule has 0 aliphatic carbocycles. The highest BCUT2D eigenvalue weighted by molar-refractivity contribution is 5.91. The molecule has 2 aromatic carbocycles. The third-order valence-electron chi connectivity index (χ3n) is 5.96. The van der Waals surface area contributed by atoms with E-state index in [0.29, 0.717) is 19.8 Å². The van der Waals surface area contributed by atoms with Gasteiger partial charge in [-0.3, -0.25) is 4.79 Å². The van der Waals surface area contributed by atoms with E-state index in [1.807, 2.05) is 38.1 Å². The molecule has 0 radical (unpaired) electrons. The zero-order chi connectivity index (χ0) is 20.6. The van der Waals surface area contributed by atoms with Gasteiger partial charge in [0.25, 0.3) is 0 Å². The maximum atomic E-state index is 12.4. The molecule has 2 heterocycles. The Bertz CT molecular complexity index is 966. The molecule has 1 fully saturated rings. The van der Waals surface area contributed by atoms with Gasteiger partial charge in [-0.15, -0.1) is 0 Å². The Morgan fingerprint density at radius 2 is 1.79 bits per heavy atom. The number of ether oxygens (including phenoxy) is 2. The van der Waals surface area contributed by atoms with Crippen molar-refractivity contribution in [3.8, 4) is 11.5 Å². The molecule has 0 spiro atoms. The molecule has 2 aliphatic rings. The van der Waals surface area contributed by atoms with E-state index < -0.39 is 5.66 Å². The lowest BCUT2D eigenvalue weighted by Gasteiger charge is -2.40. The van der Waals surface area contributed by atoms with Crippen LogP contribution in [0.25, 0.3) is 6.08 Å². The van der Waals surface area contributed by atoms with Gasteiger partial charge in [-0.25, -0.2) is 0 Å². The lowest BCUT2D eigenvalue weighted by Crippen LogP contribution is -2.58.